The van der Waals surface area contributed by atoms with E-state index in [1.165, 1.54) is 19.1 Å². The molecule has 1 spiro atoms. The van der Waals surface area contributed by atoms with Crippen molar-refractivity contribution >= 4 is 29.3 Å². The third kappa shape index (κ3) is 3.43. The van der Waals surface area contributed by atoms with Gasteiger partial charge < -0.3 is 10.6 Å². The van der Waals surface area contributed by atoms with Gasteiger partial charge in [-0.15, -0.1) is 0 Å². The Morgan fingerprint density at radius 2 is 2.07 bits per heavy atom. The lowest BCUT2D eigenvalue weighted by atomic mass is 9.73. The summed E-state index contributed by atoms with van der Waals surface area (Å²) >= 11 is 0. The van der Waals surface area contributed by atoms with E-state index in [0.717, 1.165) is 30.2 Å². The number of carbonyl (C=O) groups is 4. The van der Waals surface area contributed by atoms with Crippen LogP contribution in [0.2, 0.25) is 0 Å². The van der Waals surface area contributed by atoms with Crippen molar-refractivity contribution in [2.75, 3.05) is 11.9 Å². The predicted molar refractivity (Wildman–Crippen MR) is 95.6 cm³/mol. The van der Waals surface area contributed by atoms with Gasteiger partial charge in [-0.25, -0.2) is 9.18 Å². The summed E-state index contributed by atoms with van der Waals surface area (Å²) in [5.74, 6) is -2.29. The number of nitrogens with zero attached hydrogens (tertiary/aromatic N) is 1. The van der Waals surface area contributed by atoms with E-state index in [2.05, 4.69) is 10.6 Å². The fourth-order valence-electron chi connectivity index (χ4n) is 3.89. The first-order valence-electron chi connectivity index (χ1n) is 8.99. The maximum absolute atomic E-state index is 14.3. The molecule has 2 aliphatic rings. The van der Waals surface area contributed by atoms with Crippen LogP contribution in [-0.2, 0) is 9.59 Å². The molecule has 0 unspecified atom stereocenters. The highest BCUT2D eigenvalue weighted by atomic mass is 19.1. The predicted octanol–water partition coefficient (Wildman–Crippen LogP) is 2.47. The molecule has 7 nitrogen and oxygen atoms in total. The molecule has 2 N–H and O–H groups in total. The van der Waals surface area contributed by atoms with Gasteiger partial charge in [0, 0.05) is 12.6 Å². The lowest BCUT2D eigenvalue weighted by molar-refractivity contribution is -0.133. The second-order valence-corrected chi connectivity index (χ2v) is 7.24. The maximum atomic E-state index is 14.3. The lowest BCUT2D eigenvalue weighted by Crippen LogP contribution is -2.54. The molecule has 27 heavy (non-hydrogen) atoms. The fourth-order valence-corrected chi connectivity index (χ4v) is 3.89. The number of hydrogen-bond donors (Lipinski definition) is 2. The van der Waals surface area contributed by atoms with E-state index < -0.39 is 35.6 Å². The van der Waals surface area contributed by atoms with E-state index in [-0.39, 0.29) is 23.1 Å². The largest absolute Gasteiger partial charge is 0.326 e. The minimum Gasteiger partial charge on any atom is -0.326 e. The number of halogens is 1. The molecule has 8 heteroatoms. The van der Waals surface area contributed by atoms with E-state index >= 15 is 0 Å². The highest BCUT2D eigenvalue weighted by Gasteiger charge is 2.55. The molecule has 1 heterocycles. The fraction of sp³-hybridized carbons (Fsp3) is 0.474. The molecule has 1 aromatic rings. The number of ketones is 1. The topological polar surface area (TPSA) is 95.6 Å². The number of urea groups is 1. The van der Waals surface area contributed by atoms with Gasteiger partial charge in [0.1, 0.15) is 11.4 Å². The SMILES string of the molecule is CC(=O)Nc1ccc(C(=O)CN2C(=O)N[C@]3(CCCC[C@@H]3C)C2=O)c(F)c1. The summed E-state index contributed by atoms with van der Waals surface area (Å²) in [5, 5.41) is 5.19. The van der Waals surface area contributed by atoms with Crippen molar-refractivity contribution in [2.24, 2.45) is 5.92 Å². The average Bonchev–Trinajstić information content (AvgIpc) is 2.82. The van der Waals surface area contributed by atoms with Crippen molar-refractivity contribution in [3.63, 3.8) is 0 Å². The number of rotatable bonds is 4. The van der Waals surface area contributed by atoms with Gasteiger partial charge in [-0.05, 0) is 37.0 Å². The second-order valence-electron chi connectivity index (χ2n) is 7.24. The lowest BCUT2D eigenvalue weighted by Gasteiger charge is -2.36. The van der Waals surface area contributed by atoms with Crippen LogP contribution >= 0.6 is 0 Å². The Morgan fingerprint density at radius 3 is 2.70 bits per heavy atom. The molecule has 1 aliphatic heterocycles. The van der Waals surface area contributed by atoms with Crippen molar-refractivity contribution in [1.29, 1.82) is 0 Å². The Labute approximate surface area is 156 Å². The minimum atomic E-state index is -0.955. The minimum absolute atomic E-state index is 0.0172. The molecule has 3 rings (SSSR count). The van der Waals surface area contributed by atoms with E-state index in [1.807, 2.05) is 6.92 Å². The summed E-state index contributed by atoms with van der Waals surface area (Å²) in [4.78, 5) is 49.6. The summed E-state index contributed by atoms with van der Waals surface area (Å²) in [6.07, 6.45) is 3.20. The molecule has 0 bridgehead atoms. The summed E-state index contributed by atoms with van der Waals surface area (Å²) < 4.78 is 14.3. The van der Waals surface area contributed by atoms with Crippen LogP contribution in [0.1, 0.15) is 49.9 Å². The summed E-state index contributed by atoms with van der Waals surface area (Å²) in [5.41, 5.74) is -0.965. The molecular formula is C19H22FN3O4. The van der Waals surface area contributed by atoms with Gasteiger partial charge in [0.25, 0.3) is 5.91 Å². The number of benzene rings is 1. The number of Topliss-reactive ketones (excluding diaryl/α,β-unsaturated/α-hetero) is 1. The van der Waals surface area contributed by atoms with Crippen molar-refractivity contribution in [3.8, 4) is 0 Å². The Bertz CT molecular complexity index is 825. The summed E-state index contributed by atoms with van der Waals surface area (Å²) in [7, 11) is 0. The van der Waals surface area contributed by atoms with Crippen LogP contribution in [0.3, 0.4) is 0 Å². The molecular weight excluding hydrogens is 353 g/mol. The number of nitrogens with one attached hydrogen (secondary N) is 2. The Balaban J connectivity index is 1.77. The molecule has 4 amide bonds. The van der Waals surface area contributed by atoms with Crippen LogP contribution in [0, 0.1) is 11.7 Å². The molecule has 1 saturated heterocycles. The quantitative estimate of drug-likeness (QED) is 0.624. The smallest absolute Gasteiger partial charge is 0.325 e. The van der Waals surface area contributed by atoms with E-state index in [9.17, 15) is 23.6 Å². The summed E-state index contributed by atoms with van der Waals surface area (Å²) in [6.45, 7) is 2.69. The molecule has 2 fully saturated rings. The van der Waals surface area contributed by atoms with E-state index in [4.69, 9.17) is 0 Å². The average molecular weight is 375 g/mol. The number of carbonyl (C=O) groups excluding carboxylic acids is 4. The Morgan fingerprint density at radius 1 is 1.33 bits per heavy atom. The first-order chi connectivity index (χ1) is 12.7. The van der Waals surface area contributed by atoms with Crippen molar-refractivity contribution in [3.05, 3.63) is 29.6 Å². The molecule has 2 atom stereocenters. The first kappa shape index (κ1) is 19.0. The van der Waals surface area contributed by atoms with E-state index in [0.29, 0.717) is 6.42 Å². The third-order valence-electron chi connectivity index (χ3n) is 5.39. The molecule has 0 aromatic heterocycles. The zero-order chi connectivity index (χ0) is 19.8. The molecule has 1 saturated carbocycles. The van der Waals surface area contributed by atoms with Gasteiger partial charge in [-0.1, -0.05) is 19.8 Å². The van der Waals surface area contributed by atoms with Crippen molar-refractivity contribution < 1.29 is 23.6 Å². The van der Waals surface area contributed by atoms with Crippen LogP contribution in [-0.4, -0.2) is 40.6 Å². The van der Waals surface area contributed by atoms with Crippen LogP contribution in [0.5, 0.6) is 0 Å². The van der Waals surface area contributed by atoms with Gasteiger partial charge >= 0.3 is 6.03 Å². The normalized spacial score (nSPS) is 24.9. The van der Waals surface area contributed by atoms with Crippen LogP contribution < -0.4 is 10.6 Å². The molecule has 144 valence electrons. The molecule has 1 aromatic carbocycles. The van der Waals surface area contributed by atoms with Crippen molar-refractivity contribution in [1.82, 2.24) is 10.2 Å². The monoisotopic (exact) mass is 375 g/mol. The maximum Gasteiger partial charge on any atom is 0.325 e. The zero-order valence-electron chi connectivity index (χ0n) is 15.3. The Kier molecular flexibility index (Phi) is 4.99. The highest BCUT2D eigenvalue weighted by molar-refractivity contribution is 6.11. The molecule has 1 aliphatic carbocycles. The van der Waals surface area contributed by atoms with Gasteiger partial charge in [-0.2, -0.15) is 0 Å². The van der Waals surface area contributed by atoms with Gasteiger partial charge in [0.2, 0.25) is 5.91 Å². The standard InChI is InChI=1S/C19H22FN3O4/c1-11-5-3-4-8-19(11)17(26)23(18(27)22-19)10-16(25)14-7-6-13(9-15(14)20)21-12(2)24/h6-7,9,11H,3-5,8,10H2,1-2H3,(H,21,24)(H,22,27)/t11-,19-/m0/s1. The van der Waals surface area contributed by atoms with Crippen LogP contribution in [0.25, 0.3) is 0 Å². The summed E-state index contributed by atoms with van der Waals surface area (Å²) in [6, 6.07) is 3.05. The first-order valence-corrected chi connectivity index (χ1v) is 8.99. The van der Waals surface area contributed by atoms with Gasteiger partial charge in [-0.3, -0.25) is 19.3 Å². The third-order valence-corrected chi connectivity index (χ3v) is 5.39. The van der Waals surface area contributed by atoms with Crippen LogP contribution in [0.15, 0.2) is 18.2 Å². The number of amides is 4. The number of anilines is 1. The zero-order valence-corrected chi connectivity index (χ0v) is 15.3. The van der Waals surface area contributed by atoms with Crippen LogP contribution in [0.4, 0.5) is 14.9 Å². The molecule has 0 radical (unpaired) electrons. The number of imide groups is 1. The second kappa shape index (κ2) is 7.09. The van der Waals surface area contributed by atoms with Crippen molar-refractivity contribution in [2.45, 2.75) is 45.1 Å². The van der Waals surface area contributed by atoms with E-state index in [1.54, 1.807) is 0 Å². The number of hydrogen-bond acceptors (Lipinski definition) is 4. The Hall–Kier alpha value is -2.77. The van der Waals surface area contributed by atoms with Gasteiger partial charge in [0.05, 0.1) is 12.1 Å². The van der Waals surface area contributed by atoms with Gasteiger partial charge in [0.15, 0.2) is 5.78 Å². The highest BCUT2D eigenvalue weighted by Crippen LogP contribution is 2.38.